The fraction of sp³-hybridized carbons (Fsp3) is 0.846. The standard InChI is InChI=1S/C13H23N3O/c1-10(2)12-15-11(17-16-12)8-13(9-14)6-4-3-5-7-13/h10H,3-9,14H2,1-2H3. The molecule has 17 heavy (non-hydrogen) atoms. The molecule has 1 aromatic rings. The summed E-state index contributed by atoms with van der Waals surface area (Å²) in [4.78, 5) is 4.46. The van der Waals surface area contributed by atoms with E-state index >= 15 is 0 Å². The van der Waals surface area contributed by atoms with Crippen molar-refractivity contribution < 1.29 is 4.52 Å². The van der Waals surface area contributed by atoms with Crippen LogP contribution in [0.4, 0.5) is 0 Å². The van der Waals surface area contributed by atoms with Gasteiger partial charge in [0.05, 0.1) is 0 Å². The zero-order chi connectivity index (χ0) is 12.3. The lowest BCUT2D eigenvalue weighted by Crippen LogP contribution is -2.35. The number of hydrogen-bond acceptors (Lipinski definition) is 4. The topological polar surface area (TPSA) is 64.9 Å². The fourth-order valence-electron chi connectivity index (χ4n) is 2.65. The molecule has 0 bridgehead atoms. The molecule has 1 heterocycles. The lowest BCUT2D eigenvalue weighted by molar-refractivity contribution is 0.177. The zero-order valence-corrected chi connectivity index (χ0v) is 10.9. The molecule has 96 valence electrons. The average Bonchev–Trinajstić information content (AvgIpc) is 2.79. The quantitative estimate of drug-likeness (QED) is 0.874. The van der Waals surface area contributed by atoms with E-state index in [0.29, 0.717) is 5.92 Å². The Morgan fingerprint density at radius 1 is 1.29 bits per heavy atom. The van der Waals surface area contributed by atoms with Crippen LogP contribution in [0.1, 0.15) is 63.6 Å². The Hall–Kier alpha value is -0.900. The number of hydrogen-bond donors (Lipinski definition) is 1. The molecule has 2 N–H and O–H groups in total. The van der Waals surface area contributed by atoms with E-state index in [2.05, 4.69) is 24.0 Å². The number of rotatable bonds is 4. The van der Waals surface area contributed by atoms with Gasteiger partial charge in [0.1, 0.15) is 0 Å². The Morgan fingerprint density at radius 3 is 2.53 bits per heavy atom. The molecule has 0 atom stereocenters. The normalized spacial score (nSPS) is 19.8. The maximum atomic E-state index is 5.96. The lowest BCUT2D eigenvalue weighted by Gasteiger charge is -2.34. The van der Waals surface area contributed by atoms with E-state index in [-0.39, 0.29) is 5.41 Å². The van der Waals surface area contributed by atoms with E-state index in [1.165, 1.54) is 32.1 Å². The highest BCUT2D eigenvalue weighted by Crippen LogP contribution is 2.38. The Morgan fingerprint density at radius 2 is 2.00 bits per heavy atom. The van der Waals surface area contributed by atoms with E-state index in [1.807, 2.05) is 0 Å². The van der Waals surface area contributed by atoms with E-state index in [0.717, 1.165) is 24.7 Å². The van der Waals surface area contributed by atoms with Crippen molar-refractivity contribution in [2.75, 3.05) is 6.54 Å². The van der Waals surface area contributed by atoms with Gasteiger partial charge in [0, 0.05) is 12.3 Å². The smallest absolute Gasteiger partial charge is 0.227 e. The van der Waals surface area contributed by atoms with Crippen LogP contribution in [0.25, 0.3) is 0 Å². The lowest BCUT2D eigenvalue weighted by atomic mass is 9.72. The molecule has 0 aliphatic heterocycles. The summed E-state index contributed by atoms with van der Waals surface area (Å²) in [6, 6.07) is 0. The van der Waals surface area contributed by atoms with Crippen molar-refractivity contribution in [1.82, 2.24) is 10.1 Å². The van der Waals surface area contributed by atoms with Gasteiger partial charge in [0.15, 0.2) is 5.82 Å². The van der Waals surface area contributed by atoms with Crippen LogP contribution in [-0.4, -0.2) is 16.7 Å². The summed E-state index contributed by atoms with van der Waals surface area (Å²) >= 11 is 0. The average molecular weight is 237 g/mol. The van der Waals surface area contributed by atoms with Gasteiger partial charge in [-0.2, -0.15) is 4.98 Å². The summed E-state index contributed by atoms with van der Waals surface area (Å²) in [5.74, 6) is 1.90. The van der Waals surface area contributed by atoms with Crippen LogP contribution in [-0.2, 0) is 6.42 Å². The summed E-state index contributed by atoms with van der Waals surface area (Å²) in [6.07, 6.45) is 7.14. The SMILES string of the molecule is CC(C)c1noc(CC2(CN)CCCCC2)n1. The maximum Gasteiger partial charge on any atom is 0.227 e. The number of aromatic nitrogens is 2. The van der Waals surface area contributed by atoms with Crippen molar-refractivity contribution in [3.05, 3.63) is 11.7 Å². The molecule has 1 fully saturated rings. The maximum absolute atomic E-state index is 5.96. The third-order valence-electron chi connectivity index (χ3n) is 3.87. The first-order valence-corrected chi connectivity index (χ1v) is 6.68. The summed E-state index contributed by atoms with van der Waals surface area (Å²) in [5.41, 5.74) is 6.17. The Bertz CT molecular complexity index is 353. The predicted octanol–water partition coefficient (Wildman–Crippen LogP) is 2.64. The molecule has 4 nitrogen and oxygen atoms in total. The number of nitrogens with zero attached hydrogens (tertiary/aromatic N) is 2. The first-order valence-electron chi connectivity index (χ1n) is 6.68. The largest absolute Gasteiger partial charge is 0.339 e. The molecule has 4 heteroatoms. The first-order chi connectivity index (χ1) is 8.15. The molecule has 2 rings (SSSR count). The van der Waals surface area contributed by atoms with Crippen LogP contribution in [0.5, 0.6) is 0 Å². The van der Waals surface area contributed by atoms with Crippen molar-refractivity contribution >= 4 is 0 Å². The van der Waals surface area contributed by atoms with E-state index in [1.54, 1.807) is 0 Å². The third-order valence-corrected chi connectivity index (χ3v) is 3.87. The van der Waals surface area contributed by atoms with Gasteiger partial charge in [-0.3, -0.25) is 0 Å². The van der Waals surface area contributed by atoms with Crippen LogP contribution in [0.3, 0.4) is 0 Å². The van der Waals surface area contributed by atoms with Gasteiger partial charge < -0.3 is 10.3 Å². The van der Waals surface area contributed by atoms with Crippen LogP contribution in [0, 0.1) is 5.41 Å². The summed E-state index contributed by atoms with van der Waals surface area (Å²) in [6.45, 7) is 4.88. The highest BCUT2D eigenvalue weighted by Gasteiger charge is 2.32. The minimum atomic E-state index is 0.207. The molecule has 1 aliphatic rings. The second-order valence-electron chi connectivity index (χ2n) is 5.64. The molecule has 0 unspecified atom stereocenters. The molecule has 0 saturated heterocycles. The fourth-order valence-corrected chi connectivity index (χ4v) is 2.65. The predicted molar refractivity (Wildman–Crippen MR) is 66.7 cm³/mol. The van der Waals surface area contributed by atoms with Crippen molar-refractivity contribution in [3.8, 4) is 0 Å². The third kappa shape index (κ3) is 2.86. The van der Waals surface area contributed by atoms with Gasteiger partial charge in [0.2, 0.25) is 5.89 Å². The molecule has 1 aliphatic carbocycles. The molecular weight excluding hydrogens is 214 g/mol. The Balaban J connectivity index is 2.06. The molecule has 0 radical (unpaired) electrons. The minimum absolute atomic E-state index is 0.207. The van der Waals surface area contributed by atoms with Gasteiger partial charge in [-0.15, -0.1) is 0 Å². The van der Waals surface area contributed by atoms with E-state index < -0.39 is 0 Å². The van der Waals surface area contributed by atoms with Crippen molar-refractivity contribution in [2.45, 2.75) is 58.3 Å². The van der Waals surface area contributed by atoms with Crippen LogP contribution in [0.15, 0.2) is 4.52 Å². The van der Waals surface area contributed by atoms with Gasteiger partial charge >= 0.3 is 0 Å². The molecule has 0 amide bonds. The monoisotopic (exact) mass is 237 g/mol. The molecule has 0 spiro atoms. The van der Waals surface area contributed by atoms with Gasteiger partial charge in [0.25, 0.3) is 0 Å². The summed E-state index contributed by atoms with van der Waals surface area (Å²) < 4.78 is 5.34. The highest BCUT2D eigenvalue weighted by atomic mass is 16.5. The van der Waals surface area contributed by atoms with Crippen molar-refractivity contribution in [1.29, 1.82) is 0 Å². The van der Waals surface area contributed by atoms with Crippen LogP contribution >= 0.6 is 0 Å². The summed E-state index contributed by atoms with van der Waals surface area (Å²) in [5, 5.41) is 4.02. The Labute approximate surface area is 103 Å². The molecular formula is C13H23N3O. The minimum Gasteiger partial charge on any atom is -0.339 e. The first kappa shape index (κ1) is 12.6. The van der Waals surface area contributed by atoms with E-state index in [9.17, 15) is 0 Å². The van der Waals surface area contributed by atoms with Gasteiger partial charge in [-0.1, -0.05) is 38.3 Å². The summed E-state index contributed by atoms with van der Waals surface area (Å²) in [7, 11) is 0. The van der Waals surface area contributed by atoms with E-state index in [4.69, 9.17) is 10.3 Å². The van der Waals surface area contributed by atoms with Gasteiger partial charge in [-0.05, 0) is 24.8 Å². The second-order valence-corrected chi connectivity index (χ2v) is 5.64. The molecule has 1 aromatic heterocycles. The van der Waals surface area contributed by atoms with Crippen LogP contribution in [0.2, 0.25) is 0 Å². The number of nitrogens with two attached hydrogens (primary N) is 1. The Kier molecular flexibility index (Phi) is 3.82. The van der Waals surface area contributed by atoms with Crippen molar-refractivity contribution in [3.63, 3.8) is 0 Å². The van der Waals surface area contributed by atoms with Gasteiger partial charge in [-0.25, -0.2) is 0 Å². The van der Waals surface area contributed by atoms with Crippen molar-refractivity contribution in [2.24, 2.45) is 11.1 Å². The zero-order valence-electron chi connectivity index (χ0n) is 10.9. The second kappa shape index (κ2) is 5.17. The van der Waals surface area contributed by atoms with Crippen LogP contribution < -0.4 is 5.73 Å². The molecule has 1 saturated carbocycles. The highest BCUT2D eigenvalue weighted by molar-refractivity contribution is 4.97. The molecule has 0 aromatic carbocycles.